The minimum Gasteiger partial charge on any atom is -0.497 e. The fourth-order valence-corrected chi connectivity index (χ4v) is 3.49. The molecule has 1 atom stereocenters. The van der Waals surface area contributed by atoms with Crippen molar-refractivity contribution in [3.05, 3.63) is 64.2 Å². The number of methoxy groups -OCH3 is 1. The summed E-state index contributed by atoms with van der Waals surface area (Å²) < 4.78 is 32.3. The molecule has 0 bridgehead atoms. The van der Waals surface area contributed by atoms with E-state index in [0.29, 0.717) is 5.75 Å². The second-order valence-corrected chi connectivity index (χ2v) is 7.01. The first-order valence-corrected chi connectivity index (χ1v) is 8.84. The Morgan fingerprint density at radius 3 is 2.46 bits per heavy atom. The molecule has 2 aromatic rings. The van der Waals surface area contributed by atoms with Crippen LogP contribution in [0.15, 0.2) is 53.4 Å². The van der Waals surface area contributed by atoms with Crippen molar-refractivity contribution in [2.24, 2.45) is 0 Å². The van der Waals surface area contributed by atoms with E-state index in [1.54, 1.807) is 0 Å². The first-order valence-electron chi connectivity index (χ1n) is 7.35. The zero-order valence-corrected chi connectivity index (χ0v) is 14.5. The number of carboxylic acids is 1. The summed E-state index contributed by atoms with van der Waals surface area (Å²) >= 11 is 0. The Kier molecular flexibility index (Phi) is 5.90. The number of benzene rings is 2. The lowest BCUT2D eigenvalue weighted by molar-refractivity contribution is -0.384. The van der Waals surface area contributed by atoms with Gasteiger partial charge in [-0.15, -0.1) is 0 Å². The summed E-state index contributed by atoms with van der Waals surface area (Å²) in [7, 11) is -2.61. The fourth-order valence-electron chi connectivity index (χ4n) is 2.27. The van der Waals surface area contributed by atoms with E-state index in [1.807, 2.05) is 0 Å². The van der Waals surface area contributed by atoms with Crippen molar-refractivity contribution in [2.45, 2.75) is 17.4 Å². The van der Waals surface area contributed by atoms with E-state index in [1.165, 1.54) is 49.6 Å². The Balaban J connectivity index is 2.36. The zero-order chi connectivity index (χ0) is 19.3. The van der Waals surface area contributed by atoms with Gasteiger partial charge < -0.3 is 9.84 Å². The standard InChI is InChI=1S/C16H16N2O7S/c1-25-13-5-7-14(8-6-13)26(23,24)17-15(10-16(19)20)11-3-2-4-12(9-11)18(21)22/h2-9,15,17H,10H2,1H3,(H,19,20)/t15-/m0/s1. The maximum atomic E-state index is 12.5. The predicted molar refractivity (Wildman–Crippen MR) is 91.4 cm³/mol. The molecule has 0 aliphatic heterocycles. The molecular formula is C16H16N2O7S. The normalized spacial score (nSPS) is 12.3. The van der Waals surface area contributed by atoms with Crippen molar-refractivity contribution in [3.63, 3.8) is 0 Å². The second kappa shape index (κ2) is 7.93. The highest BCUT2D eigenvalue weighted by atomic mass is 32.2. The van der Waals surface area contributed by atoms with Crippen molar-refractivity contribution in [2.75, 3.05) is 7.11 Å². The molecule has 10 heteroatoms. The SMILES string of the molecule is COc1ccc(S(=O)(=O)N[C@@H](CC(=O)O)c2cccc([N+](=O)[O-])c2)cc1. The van der Waals surface area contributed by atoms with Gasteiger partial charge in [0.2, 0.25) is 10.0 Å². The monoisotopic (exact) mass is 380 g/mol. The van der Waals surface area contributed by atoms with E-state index in [0.717, 1.165) is 6.07 Å². The number of nitrogens with one attached hydrogen (secondary N) is 1. The van der Waals surface area contributed by atoms with E-state index in [9.17, 15) is 23.3 Å². The fraction of sp³-hybridized carbons (Fsp3) is 0.188. The number of sulfonamides is 1. The minimum absolute atomic E-state index is 0.0841. The first-order chi connectivity index (χ1) is 12.2. The molecule has 138 valence electrons. The average molecular weight is 380 g/mol. The third-order valence-corrected chi connectivity index (χ3v) is 5.02. The number of carboxylic acid groups (broad SMARTS) is 1. The molecule has 9 nitrogen and oxygen atoms in total. The molecule has 0 aromatic heterocycles. The number of ether oxygens (including phenoxy) is 1. The summed E-state index contributed by atoms with van der Waals surface area (Å²) in [6.07, 6.45) is -0.573. The number of nitrogens with zero attached hydrogens (tertiary/aromatic N) is 1. The van der Waals surface area contributed by atoms with Crippen LogP contribution in [0.1, 0.15) is 18.0 Å². The molecule has 0 fully saturated rings. The third-order valence-electron chi connectivity index (χ3n) is 3.53. The van der Waals surface area contributed by atoms with Gasteiger partial charge in [-0.2, -0.15) is 0 Å². The summed E-state index contributed by atoms with van der Waals surface area (Å²) in [5.74, 6) is -0.788. The number of rotatable bonds is 8. The van der Waals surface area contributed by atoms with Gasteiger partial charge in [0.25, 0.3) is 5.69 Å². The van der Waals surface area contributed by atoms with Crippen molar-refractivity contribution < 1.29 is 28.0 Å². The van der Waals surface area contributed by atoms with Crippen molar-refractivity contribution in [1.29, 1.82) is 0 Å². The average Bonchev–Trinajstić information content (AvgIpc) is 2.60. The lowest BCUT2D eigenvalue weighted by Crippen LogP contribution is -2.30. The van der Waals surface area contributed by atoms with E-state index < -0.39 is 33.4 Å². The van der Waals surface area contributed by atoms with Crippen LogP contribution in [0.25, 0.3) is 0 Å². The van der Waals surface area contributed by atoms with Crippen LogP contribution in [0.3, 0.4) is 0 Å². The summed E-state index contributed by atoms with van der Waals surface area (Å²) in [5.41, 5.74) is -0.0831. The van der Waals surface area contributed by atoms with Crippen molar-refractivity contribution in [1.82, 2.24) is 4.72 Å². The second-order valence-electron chi connectivity index (χ2n) is 5.30. The molecule has 0 amide bonds. The topological polar surface area (TPSA) is 136 Å². The molecule has 0 unspecified atom stereocenters. The van der Waals surface area contributed by atoms with Crippen LogP contribution in [0, 0.1) is 10.1 Å². The van der Waals surface area contributed by atoms with Crippen LogP contribution in [0.2, 0.25) is 0 Å². The van der Waals surface area contributed by atoms with Gasteiger partial charge in [0.1, 0.15) is 5.75 Å². The lowest BCUT2D eigenvalue weighted by atomic mass is 10.0. The van der Waals surface area contributed by atoms with Crippen LogP contribution >= 0.6 is 0 Å². The maximum absolute atomic E-state index is 12.5. The molecule has 0 spiro atoms. The largest absolute Gasteiger partial charge is 0.497 e. The highest BCUT2D eigenvalue weighted by Gasteiger charge is 2.25. The number of carbonyl (C=O) groups is 1. The Labute approximate surface area is 149 Å². The molecular weight excluding hydrogens is 364 g/mol. The Morgan fingerprint density at radius 1 is 1.27 bits per heavy atom. The number of hydrogen-bond acceptors (Lipinski definition) is 6. The lowest BCUT2D eigenvalue weighted by Gasteiger charge is -2.17. The van der Waals surface area contributed by atoms with Gasteiger partial charge in [-0.1, -0.05) is 12.1 Å². The van der Waals surface area contributed by atoms with Gasteiger partial charge in [-0.05, 0) is 29.8 Å². The Bertz CT molecular complexity index is 910. The molecule has 0 radical (unpaired) electrons. The minimum atomic E-state index is -4.05. The number of nitro groups is 1. The molecule has 26 heavy (non-hydrogen) atoms. The molecule has 2 rings (SSSR count). The number of nitro benzene ring substituents is 1. The smallest absolute Gasteiger partial charge is 0.305 e. The highest BCUT2D eigenvalue weighted by Crippen LogP contribution is 2.24. The van der Waals surface area contributed by atoms with Gasteiger partial charge in [-0.3, -0.25) is 14.9 Å². The molecule has 0 aliphatic rings. The van der Waals surface area contributed by atoms with E-state index in [4.69, 9.17) is 9.84 Å². The third kappa shape index (κ3) is 4.77. The van der Waals surface area contributed by atoms with Gasteiger partial charge in [0.05, 0.1) is 29.4 Å². The van der Waals surface area contributed by atoms with Crippen LogP contribution in [0.5, 0.6) is 5.75 Å². The number of aliphatic carboxylic acids is 1. The van der Waals surface area contributed by atoms with Crippen LogP contribution in [0.4, 0.5) is 5.69 Å². The van der Waals surface area contributed by atoms with Crippen molar-refractivity contribution in [3.8, 4) is 5.75 Å². The van der Waals surface area contributed by atoms with E-state index >= 15 is 0 Å². The van der Waals surface area contributed by atoms with Crippen molar-refractivity contribution >= 4 is 21.7 Å². The van der Waals surface area contributed by atoms with Gasteiger partial charge in [0, 0.05) is 12.1 Å². The summed E-state index contributed by atoms with van der Waals surface area (Å²) in [4.78, 5) is 21.3. The molecule has 2 aromatic carbocycles. The molecule has 2 N–H and O–H groups in total. The van der Waals surface area contributed by atoms with E-state index in [2.05, 4.69) is 4.72 Å². The molecule has 0 saturated carbocycles. The molecule has 0 heterocycles. The summed E-state index contributed by atoms with van der Waals surface area (Å²) in [6, 6.07) is 9.53. The van der Waals surface area contributed by atoms with Gasteiger partial charge in [-0.25, -0.2) is 13.1 Å². The summed E-state index contributed by atoms with van der Waals surface area (Å²) in [6.45, 7) is 0. The number of non-ortho nitro benzene ring substituents is 1. The zero-order valence-electron chi connectivity index (χ0n) is 13.7. The van der Waals surface area contributed by atoms with Crippen LogP contribution in [-0.2, 0) is 14.8 Å². The predicted octanol–water partition coefficient (Wildman–Crippen LogP) is 2.10. The first kappa shape index (κ1) is 19.3. The Hall–Kier alpha value is -2.98. The highest BCUT2D eigenvalue weighted by molar-refractivity contribution is 7.89. The van der Waals surface area contributed by atoms with Gasteiger partial charge in [0.15, 0.2) is 0 Å². The maximum Gasteiger partial charge on any atom is 0.305 e. The van der Waals surface area contributed by atoms with Crippen LogP contribution in [-0.4, -0.2) is 31.5 Å². The molecule has 0 aliphatic carbocycles. The van der Waals surface area contributed by atoms with Gasteiger partial charge >= 0.3 is 5.97 Å². The summed E-state index contributed by atoms with van der Waals surface area (Å²) in [5, 5.41) is 20.0. The Morgan fingerprint density at radius 2 is 1.92 bits per heavy atom. The molecule has 0 saturated heterocycles. The van der Waals surface area contributed by atoms with E-state index in [-0.39, 0.29) is 16.1 Å². The number of hydrogen-bond donors (Lipinski definition) is 2. The van der Waals surface area contributed by atoms with Crippen LogP contribution < -0.4 is 9.46 Å². The quantitative estimate of drug-likeness (QED) is 0.528.